The van der Waals surface area contributed by atoms with Crippen LogP contribution < -0.4 is 10.6 Å². The summed E-state index contributed by atoms with van der Waals surface area (Å²) in [7, 11) is 0. The van der Waals surface area contributed by atoms with Crippen LogP contribution in [0, 0.1) is 6.92 Å². The van der Waals surface area contributed by atoms with E-state index in [9.17, 15) is 4.79 Å². The third-order valence-corrected chi connectivity index (χ3v) is 3.40. The standard InChI is InChI=1S/C17H18N6O/c1-13-4-2-5-14(12-13)22-17(24)21-9-11-23-10-8-20-16(23)15-18-6-3-7-19-15/h2-8,10,12H,9,11H2,1H3,(H2,21,22,24). The fourth-order valence-electron chi connectivity index (χ4n) is 2.30. The quantitative estimate of drug-likeness (QED) is 0.756. The van der Waals surface area contributed by atoms with Gasteiger partial charge in [0.05, 0.1) is 0 Å². The Bertz CT molecular complexity index is 815. The van der Waals surface area contributed by atoms with Gasteiger partial charge in [-0.3, -0.25) is 0 Å². The number of aromatic nitrogens is 4. The molecule has 2 N–H and O–H groups in total. The van der Waals surface area contributed by atoms with E-state index in [1.807, 2.05) is 42.0 Å². The fraction of sp³-hybridized carbons (Fsp3) is 0.176. The monoisotopic (exact) mass is 322 g/mol. The van der Waals surface area contributed by atoms with Crippen LogP contribution >= 0.6 is 0 Å². The van der Waals surface area contributed by atoms with Crippen molar-refractivity contribution in [1.29, 1.82) is 0 Å². The number of hydrogen-bond donors (Lipinski definition) is 2. The molecule has 7 nitrogen and oxygen atoms in total. The lowest BCUT2D eigenvalue weighted by molar-refractivity contribution is 0.251. The summed E-state index contributed by atoms with van der Waals surface area (Å²) in [5, 5.41) is 5.64. The first-order valence-electron chi connectivity index (χ1n) is 7.62. The van der Waals surface area contributed by atoms with Gasteiger partial charge in [0.2, 0.25) is 0 Å². The van der Waals surface area contributed by atoms with Crippen LogP contribution in [0.15, 0.2) is 55.1 Å². The zero-order valence-electron chi connectivity index (χ0n) is 13.3. The zero-order valence-corrected chi connectivity index (χ0v) is 13.3. The number of benzene rings is 1. The molecule has 2 amide bonds. The molecular weight excluding hydrogens is 304 g/mol. The van der Waals surface area contributed by atoms with Crippen molar-refractivity contribution < 1.29 is 4.79 Å². The van der Waals surface area contributed by atoms with Gasteiger partial charge in [-0.1, -0.05) is 12.1 Å². The van der Waals surface area contributed by atoms with Gasteiger partial charge >= 0.3 is 6.03 Å². The van der Waals surface area contributed by atoms with E-state index in [2.05, 4.69) is 25.6 Å². The number of amides is 2. The largest absolute Gasteiger partial charge is 0.336 e. The summed E-state index contributed by atoms with van der Waals surface area (Å²) in [6.07, 6.45) is 6.88. The minimum absolute atomic E-state index is 0.238. The third kappa shape index (κ3) is 3.95. The van der Waals surface area contributed by atoms with E-state index in [4.69, 9.17) is 0 Å². The molecule has 0 unspecified atom stereocenters. The number of anilines is 1. The van der Waals surface area contributed by atoms with E-state index in [0.717, 1.165) is 11.3 Å². The normalized spacial score (nSPS) is 10.4. The molecule has 122 valence electrons. The van der Waals surface area contributed by atoms with Crippen LogP contribution in [0.3, 0.4) is 0 Å². The van der Waals surface area contributed by atoms with Gasteiger partial charge in [-0.15, -0.1) is 0 Å². The van der Waals surface area contributed by atoms with E-state index in [1.54, 1.807) is 24.7 Å². The average Bonchev–Trinajstić information content (AvgIpc) is 3.04. The van der Waals surface area contributed by atoms with Gasteiger partial charge in [0, 0.05) is 43.6 Å². The minimum Gasteiger partial charge on any atom is -0.336 e. The van der Waals surface area contributed by atoms with Crippen molar-refractivity contribution in [2.75, 3.05) is 11.9 Å². The molecule has 0 aliphatic heterocycles. The summed E-state index contributed by atoms with van der Waals surface area (Å²) in [6, 6.07) is 9.18. The van der Waals surface area contributed by atoms with E-state index in [1.165, 1.54) is 0 Å². The first-order valence-corrected chi connectivity index (χ1v) is 7.62. The Hall–Kier alpha value is -3.22. The molecule has 0 spiro atoms. The van der Waals surface area contributed by atoms with Gasteiger partial charge in [0.15, 0.2) is 11.6 Å². The summed E-state index contributed by atoms with van der Waals surface area (Å²) in [5.41, 5.74) is 1.87. The first-order chi connectivity index (χ1) is 11.7. The number of nitrogens with zero attached hydrogens (tertiary/aromatic N) is 4. The molecule has 0 saturated carbocycles. The summed E-state index contributed by atoms with van der Waals surface area (Å²) >= 11 is 0. The molecule has 0 aliphatic carbocycles. The predicted molar refractivity (Wildman–Crippen MR) is 91.5 cm³/mol. The van der Waals surface area contributed by atoms with Crippen LogP contribution in [0.1, 0.15) is 5.56 Å². The second-order valence-corrected chi connectivity index (χ2v) is 5.27. The van der Waals surface area contributed by atoms with Crippen LogP contribution in [-0.2, 0) is 6.54 Å². The number of imidazole rings is 1. The van der Waals surface area contributed by atoms with E-state index in [-0.39, 0.29) is 6.03 Å². The Morgan fingerprint density at radius 1 is 1.12 bits per heavy atom. The Kier molecular flexibility index (Phi) is 4.81. The molecule has 0 fully saturated rings. The first kappa shape index (κ1) is 15.7. The number of hydrogen-bond acceptors (Lipinski definition) is 4. The third-order valence-electron chi connectivity index (χ3n) is 3.40. The second kappa shape index (κ2) is 7.36. The molecule has 3 rings (SSSR count). The Balaban J connectivity index is 1.54. The molecule has 0 radical (unpaired) electrons. The molecule has 2 aromatic heterocycles. The molecule has 2 heterocycles. The highest BCUT2D eigenvalue weighted by Gasteiger charge is 2.08. The lowest BCUT2D eigenvalue weighted by atomic mass is 10.2. The Labute approximate surface area is 139 Å². The molecule has 0 aliphatic rings. The molecular formula is C17H18N6O. The number of aryl methyl sites for hydroxylation is 1. The number of urea groups is 1. The predicted octanol–water partition coefficient (Wildman–Crippen LogP) is 2.47. The molecule has 0 bridgehead atoms. The van der Waals surface area contributed by atoms with Gasteiger partial charge in [-0.2, -0.15) is 0 Å². The SMILES string of the molecule is Cc1cccc(NC(=O)NCCn2ccnc2-c2ncccn2)c1. The van der Waals surface area contributed by atoms with Crippen LogP contribution in [0.2, 0.25) is 0 Å². The number of nitrogens with one attached hydrogen (secondary N) is 2. The van der Waals surface area contributed by atoms with Gasteiger partial charge in [0.25, 0.3) is 0 Å². The van der Waals surface area contributed by atoms with Crippen LogP contribution in [0.4, 0.5) is 10.5 Å². The second-order valence-electron chi connectivity index (χ2n) is 5.27. The summed E-state index contributed by atoms with van der Waals surface area (Å²) in [6.45, 7) is 3.03. The highest BCUT2D eigenvalue weighted by Crippen LogP contribution is 2.11. The maximum atomic E-state index is 11.9. The Morgan fingerprint density at radius 3 is 2.75 bits per heavy atom. The molecule has 24 heavy (non-hydrogen) atoms. The molecule has 0 atom stereocenters. The average molecular weight is 322 g/mol. The van der Waals surface area contributed by atoms with Crippen LogP contribution in [0.5, 0.6) is 0 Å². The van der Waals surface area contributed by atoms with Crippen molar-refractivity contribution in [3.63, 3.8) is 0 Å². The summed E-state index contributed by atoms with van der Waals surface area (Å²) in [5.74, 6) is 1.24. The lowest BCUT2D eigenvalue weighted by Crippen LogP contribution is -2.31. The number of rotatable bonds is 5. The summed E-state index contributed by atoms with van der Waals surface area (Å²) in [4.78, 5) is 24.6. The van der Waals surface area contributed by atoms with Gasteiger partial charge in [-0.05, 0) is 30.7 Å². The summed E-state index contributed by atoms with van der Waals surface area (Å²) < 4.78 is 1.91. The van der Waals surface area contributed by atoms with E-state index >= 15 is 0 Å². The highest BCUT2D eigenvalue weighted by atomic mass is 16.2. The maximum Gasteiger partial charge on any atom is 0.319 e. The van der Waals surface area contributed by atoms with Crippen molar-refractivity contribution in [3.8, 4) is 11.6 Å². The van der Waals surface area contributed by atoms with Gasteiger partial charge in [-0.25, -0.2) is 19.7 Å². The van der Waals surface area contributed by atoms with E-state index in [0.29, 0.717) is 24.7 Å². The Morgan fingerprint density at radius 2 is 1.96 bits per heavy atom. The fourth-order valence-corrected chi connectivity index (χ4v) is 2.30. The zero-order chi connectivity index (χ0) is 16.8. The minimum atomic E-state index is -0.238. The van der Waals surface area contributed by atoms with Crippen molar-refractivity contribution >= 4 is 11.7 Å². The maximum absolute atomic E-state index is 11.9. The topological polar surface area (TPSA) is 84.7 Å². The smallest absolute Gasteiger partial charge is 0.319 e. The molecule has 3 aromatic rings. The number of carbonyl (C=O) groups is 1. The lowest BCUT2D eigenvalue weighted by Gasteiger charge is -2.10. The van der Waals surface area contributed by atoms with Crippen molar-refractivity contribution in [1.82, 2.24) is 24.8 Å². The van der Waals surface area contributed by atoms with Crippen molar-refractivity contribution in [2.24, 2.45) is 0 Å². The van der Waals surface area contributed by atoms with E-state index < -0.39 is 0 Å². The molecule has 1 aromatic carbocycles. The highest BCUT2D eigenvalue weighted by molar-refractivity contribution is 5.89. The molecule has 0 saturated heterocycles. The van der Waals surface area contributed by atoms with Gasteiger partial charge < -0.3 is 15.2 Å². The van der Waals surface area contributed by atoms with Crippen LogP contribution in [0.25, 0.3) is 11.6 Å². The number of carbonyl (C=O) groups excluding carboxylic acids is 1. The van der Waals surface area contributed by atoms with Crippen LogP contribution in [-0.4, -0.2) is 32.1 Å². The van der Waals surface area contributed by atoms with Crippen molar-refractivity contribution in [3.05, 3.63) is 60.7 Å². The van der Waals surface area contributed by atoms with Crippen molar-refractivity contribution in [2.45, 2.75) is 13.5 Å². The molecule has 7 heteroatoms. The van der Waals surface area contributed by atoms with Gasteiger partial charge in [0.1, 0.15) is 0 Å².